The summed E-state index contributed by atoms with van der Waals surface area (Å²) in [5.41, 5.74) is 0. The van der Waals surface area contributed by atoms with E-state index in [1.54, 1.807) is 6.08 Å². The van der Waals surface area contributed by atoms with Gasteiger partial charge in [-0.25, -0.2) is 0 Å². The molecular formula is C25H42O2. The molecule has 0 aromatic heterocycles. The number of carbonyl (C=O) groups excluding carboxylic acids is 2. The summed E-state index contributed by atoms with van der Waals surface area (Å²) < 4.78 is 0. The minimum atomic E-state index is -0.107. The maximum atomic E-state index is 11.2. The van der Waals surface area contributed by atoms with Gasteiger partial charge in [0.1, 0.15) is 6.29 Å². The Bertz CT molecular complexity index is 418. The van der Waals surface area contributed by atoms with Crippen molar-refractivity contribution in [2.24, 2.45) is 0 Å². The topological polar surface area (TPSA) is 34.1 Å². The molecule has 0 rings (SSSR count). The molecule has 0 unspecified atom stereocenters. The summed E-state index contributed by atoms with van der Waals surface area (Å²) in [6, 6.07) is 0. The van der Waals surface area contributed by atoms with Gasteiger partial charge in [-0.15, -0.1) is 0 Å². The predicted molar refractivity (Wildman–Crippen MR) is 118 cm³/mol. The summed E-state index contributed by atoms with van der Waals surface area (Å²) >= 11 is 0. The highest BCUT2D eigenvalue weighted by Crippen LogP contribution is 2.12. The van der Waals surface area contributed by atoms with Gasteiger partial charge < -0.3 is 0 Å². The van der Waals surface area contributed by atoms with Gasteiger partial charge in [-0.1, -0.05) is 89.4 Å². The maximum Gasteiger partial charge on any atom is 0.178 e. The normalized spacial score (nSPS) is 11.9. The second-order valence-corrected chi connectivity index (χ2v) is 7.38. The zero-order valence-corrected chi connectivity index (χ0v) is 17.7. The average molecular weight is 375 g/mol. The number of hydrogen-bond acceptors (Lipinski definition) is 2. The molecule has 0 aromatic rings. The molecule has 154 valence electrons. The Morgan fingerprint density at radius 1 is 0.593 bits per heavy atom. The molecule has 0 spiro atoms. The Kier molecular flexibility index (Phi) is 21.4. The van der Waals surface area contributed by atoms with E-state index < -0.39 is 0 Å². The molecule has 0 heterocycles. The van der Waals surface area contributed by atoms with Crippen LogP contribution in [0.1, 0.15) is 110 Å². The standard InChI is InChI=1S/C25H42O2/c1-2-3-4-5-6-7-8-9-10-11-12-13-14-15-16-17-18-19-20-22-25(27)23-21-24-26/h7-8,20-24H,2-6,9-19H2,1H3. The van der Waals surface area contributed by atoms with E-state index in [1.807, 2.05) is 6.08 Å². The van der Waals surface area contributed by atoms with E-state index in [4.69, 9.17) is 0 Å². The van der Waals surface area contributed by atoms with Crippen LogP contribution in [0.3, 0.4) is 0 Å². The monoisotopic (exact) mass is 374 g/mol. The van der Waals surface area contributed by atoms with Gasteiger partial charge in [-0.3, -0.25) is 9.59 Å². The third kappa shape index (κ3) is 22.5. The molecule has 2 nitrogen and oxygen atoms in total. The van der Waals surface area contributed by atoms with Crippen LogP contribution < -0.4 is 0 Å². The average Bonchev–Trinajstić information content (AvgIpc) is 2.68. The van der Waals surface area contributed by atoms with E-state index in [0.29, 0.717) is 6.29 Å². The Morgan fingerprint density at radius 2 is 1.04 bits per heavy atom. The smallest absolute Gasteiger partial charge is 0.178 e. The van der Waals surface area contributed by atoms with Crippen LogP contribution in [0.25, 0.3) is 0 Å². The lowest BCUT2D eigenvalue weighted by atomic mass is 10.1. The lowest BCUT2D eigenvalue weighted by Gasteiger charge is -2.01. The summed E-state index contributed by atoms with van der Waals surface area (Å²) in [6.07, 6.45) is 32.2. The maximum absolute atomic E-state index is 11.2. The molecule has 0 bridgehead atoms. The van der Waals surface area contributed by atoms with Gasteiger partial charge in [0, 0.05) is 0 Å². The Morgan fingerprint density at radius 3 is 1.52 bits per heavy atom. The summed E-state index contributed by atoms with van der Waals surface area (Å²) in [5, 5.41) is 0. The van der Waals surface area contributed by atoms with Crippen molar-refractivity contribution in [3.05, 3.63) is 36.5 Å². The summed E-state index contributed by atoms with van der Waals surface area (Å²) in [4.78, 5) is 21.3. The zero-order chi connectivity index (χ0) is 19.8. The molecule has 0 saturated carbocycles. The molecule has 0 aromatic carbocycles. The second-order valence-electron chi connectivity index (χ2n) is 7.38. The van der Waals surface area contributed by atoms with Gasteiger partial charge in [0.15, 0.2) is 5.78 Å². The first-order valence-electron chi connectivity index (χ1n) is 11.3. The quantitative estimate of drug-likeness (QED) is 0.0947. The number of ketones is 1. The van der Waals surface area contributed by atoms with Crippen LogP contribution in [-0.2, 0) is 9.59 Å². The van der Waals surface area contributed by atoms with E-state index in [2.05, 4.69) is 19.1 Å². The Hall–Kier alpha value is -1.44. The minimum Gasteiger partial charge on any atom is -0.299 e. The molecule has 0 N–H and O–H groups in total. The van der Waals surface area contributed by atoms with E-state index in [0.717, 1.165) is 12.8 Å². The molecule has 0 atom stereocenters. The fourth-order valence-electron chi connectivity index (χ4n) is 3.08. The zero-order valence-electron chi connectivity index (χ0n) is 17.7. The first-order chi connectivity index (χ1) is 13.3. The van der Waals surface area contributed by atoms with Crippen molar-refractivity contribution in [1.82, 2.24) is 0 Å². The molecule has 0 aliphatic rings. The Labute approximate surface area is 168 Å². The number of aldehydes is 1. The SMILES string of the molecule is CCCCCCC=CCCCCCCCCCCCC=CC(=O)C=CC=O. The largest absolute Gasteiger partial charge is 0.299 e. The van der Waals surface area contributed by atoms with Crippen molar-refractivity contribution in [3.63, 3.8) is 0 Å². The van der Waals surface area contributed by atoms with Gasteiger partial charge in [0.2, 0.25) is 0 Å². The van der Waals surface area contributed by atoms with Gasteiger partial charge in [-0.05, 0) is 56.8 Å². The van der Waals surface area contributed by atoms with E-state index >= 15 is 0 Å². The van der Waals surface area contributed by atoms with E-state index in [-0.39, 0.29) is 5.78 Å². The molecule has 0 saturated heterocycles. The van der Waals surface area contributed by atoms with Crippen LogP contribution in [0.2, 0.25) is 0 Å². The van der Waals surface area contributed by atoms with Crippen molar-refractivity contribution in [2.45, 2.75) is 110 Å². The van der Waals surface area contributed by atoms with E-state index in [9.17, 15) is 9.59 Å². The number of hydrogen-bond donors (Lipinski definition) is 0. The molecule has 0 aliphatic heterocycles. The highest BCUT2D eigenvalue weighted by Gasteiger charge is 1.93. The van der Waals surface area contributed by atoms with Gasteiger partial charge in [0.05, 0.1) is 0 Å². The first kappa shape index (κ1) is 25.6. The van der Waals surface area contributed by atoms with Crippen LogP contribution in [0.4, 0.5) is 0 Å². The molecule has 0 radical (unpaired) electrons. The third-order valence-corrected chi connectivity index (χ3v) is 4.75. The Balaban J connectivity index is 3.22. The van der Waals surface area contributed by atoms with Gasteiger partial charge >= 0.3 is 0 Å². The third-order valence-electron chi connectivity index (χ3n) is 4.75. The van der Waals surface area contributed by atoms with Crippen LogP contribution in [0, 0.1) is 0 Å². The fraction of sp³-hybridized carbons (Fsp3) is 0.680. The first-order valence-corrected chi connectivity index (χ1v) is 11.3. The van der Waals surface area contributed by atoms with E-state index in [1.165, 1.54) is 102 Å². The summed E-state index contributed by atoms with van der Waals surface area (Å²) in [7, 11) is 0. The van der Waals surface area contributed by atoms with Gasteiger partial charge in [-0.2, -0.15) is 0 Å². The van der Waals surface area contributed by atoms with Crippen LogP contribution >= 0.6 is 0 Å². The number of allylic oxidation sites excluding steroid dienone is 6. The van der Waals surface area contributed by atoms with Crippen LogP contribution in [0.15, 0.2) is 36.5 Å². The highest BCUT2D eigenvalue weighted by molar-refractivity contribution is 6.00. The molecule has 0 fully saturated rings. The number of unbranched alkanes of at least 4 members (excludes halogenated alkanes) is 14. The number of rotatable bonds is 20. The minimum absolute atomic E-state index is 0.107. The second kappa shape index (κ2) is 22.6. The van der Waals surface area contributed by atoms with Crippen LogP contribution in [0.5, 0.6) is 0 Å². The number of carbonyl (C=O) groups is 2. The lowest BCUT2D eigenvalue weighted by Crippen LogP contribution is -1.85. The van der Waals surface area contributed by atoms with Crippen molar-refractivity contribution in [3.8, 4) is 0 Å². The molecule has 0 aliphatic carbocycles. The summed E-state index contributed by atoms with van der Waals surface area (Å²) in [5.74, 6) is -0.107. The highest BCUT2D eigenvalue weighted by atomic mass is 16.1. The lowest BCUT2D eigenvalue weighted by molar-refractivity contribution is -0.111. The van der Waals surface area contributed by atoms with Crippen molar-refractivity contribution in [2.75, 3.05) is 0 Å². The summed E-state index contributed by atoms with van der Waals surface area (Å²) in [6.45, 7) is 2.26. The predicted octanol–water partition coefficient (Wildman–Crippen LogP) is 7.68. The molecule has 0 amide bonds. The van der Waals surface area contributed by atoms with Crippen LogP contribution in [-0.4, -0.2) is 12.1 Å². The van der Waals surface area contributed by atoms with Gasteiger partial charge in [0.25, 0.3) is 0 Å². The van der Waals surface area contributed by atoms with Crippen molar-refractivity contribution >= 4 is 12.1 Å². The molecule has 27 heavy (non-hydrogen) atoms. The fourth-order valence-corrected chi connectivity index (χ4v) is 3.08. The van der Waals surface area contributed by atoms with Crippen molar-refractivity contribution < 1.29 is 9.59 Å². The van der Waals surface area contributed by atoms with Crippen molar-refractivity contribution in [1.29, 1.82) is 0 Å². The molecule has 2 heteroatoms. The molecular weight excluding hydrogens is 332 g/mol.